The molecule has 3 aliphatic heterocycles. The van der Waals surface area contributed by atoms with Gasteiger partial charge in [0.2, 0.25) is 0 Å². The van der Waals surface area contributed by atoms with Crippen molar-refractivity contribution in [2.45, 2.75) is 37.2 Å². The van der Waals surface area contributed by atoms with Crippen LogP contribution in [0.2, 0.25) is 0 Å². The molecule has 2 aromatic rings. The van der Waals surface area contributed by atoms with Crippen LogP contribution < -0.4 is 5.32 Å². The third-order valence-corrected chi connectivity index (χ3v) is 7.25. The lowest BCUT2D eigenvalue weighted by Gasteiger charge is -2.40. The summed E-state index contributed by atoms with van der Waals surface area (Å²) >= 11 is 1.68. The van der Waals surface area contributed by atoms with Crippen molar-refractivity contribution in [2.75, 3.05) is 32.8 Å². The number of rotatable bonds is 2. The highest BCUT2D eigenvalue weighted by molar-refractivity contribution is 7.14. The summed E-state index contributed by atoms with van der Waals surface area (Å²) in [4.78, 5) is 17.3. The van der Waals surface area contributed by atoms with E-state index in [1.807, 2.05) is 11.0 Å². The van der Waals surface area contributed by atoms with Gasteiger partial charge in [0, 0.05) is 42.2 Å². The first kappa shape index (κ1) is 16.5. The highest BCUT2D eigenvalue weighted by atomic mass is 32.1. The quantitative estimate of drug-likeness (QED) is 0.848. The molecule has 6 nitrogen and oxygen atoms in total. The zero-order chi connectivity index (χ0) is 17.6. The lowest BCUT2D eigenvalue weighted by atomic mass is 9.83. The molecule has 138 valence electrons. The van der Waals surface area contributed by atoms with Gasteiger partial charge in [-0.2, -0.15) is 5.10 Å². The van der Waals surface area contributed by atoms with Crippen molar-refractivity contribution in [3.05, 3.63) is 39.3 Å². The molecule has 2 fully saturated rings. The molecule has 0 aliphatic carbocycles. The third-order valence-electron chi connectivity index (χ3n) is 6.07. The van der Waals surface area contributed by atoms with Gasteiger partial charge in [-0.1, -0.05) is 0 Å². The number of nitrogens with zero attached hydrogens (tertiary/aromatic N) is 2. The maximum Gasteiger partial charge on any atom is 0.263 e. The van der Waals surface area contributed by atoms with Crippen molar-refractivity contribution in [3.8, 4) is 0 Å². The van der Waals surface area contributed by atoms with Gasteiger partial charge in [0.05, 0.1) is 17.1 Å². The molecular weight excluding hydrogens is 348 g/mol. The van der Waals surface area contributed by atoms with Crippen LogP contribution in [0.3, 0.4) is 0 Å². The van der Waals surface area contributed by atoms with E-state index in [1.54, 1.807) is 17.5 Å². The Hall–Kier alpha value is -1.70. The monoisotopic (exact) mass is 372 g/mol. The second kappa shape index (κ2) is 6.48. The molecule has 26 heavy (non-hydrogen) atoms. The first-order chi connectivity index (χ1) is 12.8. The molecule has 1 amide bonds. The fourth-order valence-electron chi connectivity index (χ4n) is 4.62. The van der Waals surface area contributed by atoms with Crippen LogP contribution >= 0.6 is 11.3 Å². The standard InChI is InChI=1S/C19H24N4O2S/c24-18(23-9-2-13(12-23)15-1-6-21-22-15)17-11-14-16(26-17)3-10-25-19(14)4-7-20-8-5-19/h1,6,11,13,20H,2-5,7-10,12H2,(H,21,22). The average molecular weight is 372 g/mol. The number of thiophene rings is 1. The number of carbonyl (C=O) groups excluding carboxylic acids is 1. The Morgan fingerprint density at radius 1 is 1.38 bits per heavy atom. The first-order valence-corrected chi connectivity index (χ1v) is 10.3. The molecule has 1 unspecified atom stereocenters. The summed E-state index contributed by atoms with van der Waals surface area (Å²) in [6.07, 6.45) is 5.70. The van der Waals surface area contributed by atoms with E-state index >= 15 is 0 Å². The fraction of sp³-hybridized carbons (Fsp3) is 0.579. The zero-order valence-corrected chi connectivity index (χ0v) is 15.6. The van der Waals surface area contributed by atoms with Gasteiger partial charge in [-0.25, -0.2) is 0 Å². The van der Waals surface area contributed by atoms with Gasteiger partial charge >= 0.3 is 0 Å². The van der Waals surface area contributed by atoms with E-state index in [2.05, 4.69) is 21.6 Å². The van der Waals surface area contributed by atoms with Gasteiger partial charge in [-0.05, 0) is 50.0 Å². The van der Waals surface area contributed by atoms with Crippen molar-refractivity contribution in [1.82, 2.24) is 20.4 Å². The van der Waals surface area contributed by atoms with Crippen molar-refractivity contribution in [1.29, 1.82) is 0 Å². The van der Waals surface area contributed by atoms with E-state index < -0.39 is 0 Å². The lowest BCUT2D eigenvalue weighted by Crippen LogP contribution is -2.44. The summed E-state index contributed by atoms with van der Waals surface area (Å²) in [6.45, 7) is 4.33. The van der Waals surface area contributed by atoms with Crippen molar-refractivity contribution in [3.63, 3.8) is 0 Å². The number of H-pyrrole nitrogens is 1. The SMILES string of the molecule is O=C(c1cc2c(s1)CCOC21CCNCC1)N1CCC(c2ccn[nH]2)C1. The molecular formula is C19H24N4O2S. The van der Waals surface area contributed by atoms with Crippen molar-refractivity contribution < 1.29 is 9.53 Å². The molecule has 2 aromatic heterocycles. The second-order valence-corrected chi connectivity index (χ2v) is 8.68. The van der Waals surface area contributed by atoms with Gasteiger partial charge in [-0.3, -0.25) is 9.89 Å². The number of nitrogens with one attached hydrogen (secondary N) is 2. The Kier molecular flexibility index (Phi) is 4.10. The van der Waals surface area contributed by atoms with E-state index in [1.165, 1.54) is 10.4 Å². The maximum atomic E-state index is 13.1. The molecule has 1 atom stereocenters. The van der Waals surface area contributed by atoms with Crippen LogP contribution in [0.5, 0.6) is 0 Å². The molecule has 5 rings (SSSR count). The Balaban J connectivity index is 1.37. The van der Waals surface area contributed by atoms with Gasteiger partial charge < -0.3 is 15.0 Å². The third kappa shape index (κ3) is 2.69. The van der Waals surface area contributed by atoms with E-state index in [0.717, 1.165) is 69.0 Å². The Morgan fingerprint density at radius 3 is 3.08 bits per heavy atom. The van der Waals surface area contributed by atoms with Crippen LogP contribution in [0.25, 0.3) is 0 Å². The van der Waals surface area contributed by atoms with Crippen molar-refractivity contribution >= 4 is 17.2 Å². The summed E-state index contributed by atoms with van der Waals surface area (Å²) < 4.78 is 6.25. The largest absolute Gasteiger partial charge is 0.370 e. The number of likely N-dealkylation sites (tertiary alicyclic amines) is 1. The summed E-state index contributed by atoms with van der Waals surface area (Å²) in [7, 11) is 0. The Morgan fingerprint density at radius 2 is 2.27 bits per heavy atom. The predicted octanol–water partition coefficient (Wildman–Crippen LogP) is 2.25. The Labute approximate surface area is 156 Å². The lowest BCUT2D eigenvalue weighted by molar-refractivity contribution is -0.0792. The maximum absolute atomic E-state index is 13.1. The van der Waals surface area contributed by atoms with Crippen LogP contribution in [0.1, 0.15) is 51.0 Å². The molecule has 0 aromatic carbocycles. The average Bonchev–Trinajstić information content (AvgIpc) is 3.41. The van der Waals surface area contributed by atoms with Gasteiger partial charge in [0.25, 0.3) is 5.91 Å². The van der Waals surface area contributed by atoms with Crippen LogP contribution in [0.15, 0.2) is 18.3 Å². The van der Waals surface area contributed by atoms with Gasteiger partial charge in [-0.15, -0.1) is 11.3 Å². The molecule has 2 saturated heterocycles. The number of ether oxygens (including phenoxy) is 1. The zero-order valence-electron chi connectivity index (χ0n) is 14.8. The van der Waals surface area contributed by atoms with Crippen LogP contribution in [-0.4, -0.2) is 53.8 Å². The molecule has 2 N–H and O–H groups in total. The number of fused-ring (bicyclic) bond motifs is 2. The molecule has 1 spiro atoms. The highest BCUT2D eigenvalue weighted by Gasteiger charge is 2.41. The molecule has 0 bridgehead atoms. The molecule has 7 heteroatoms. The minimum absolute atomic E-state index is 0.169. The normalized spacial score (nSPS) is 24.8. The van der Waals surface area contributed by atoms with E-state index in [9.17, 15) is 4.79 Å². The van der Waals surface area contributed by atoms with Crippen LogP contribution in [0, 0.1) is 0 Å². The van der Waals surface area contributed by atoms with Gasteiger partial charge in [0.15, 0.2) is 0 Å². The number of piperidine rings is 1. The smallest absolute Gasteiger partial charge is 0.263 e. The first-order valence-electron chi connectivity index (χ1n) is 9.52. The fourth-order valence-corrected chi connectivity index (χ4v) is 5.81. The van der Waals surface area contributed by atoms with E-state index in [4.69, 9.17) is 4.74 Å². The van der Waals surface area contributed by atoms with Crippen LogP contribution in [-0.2, 0) is 16.8 Å². The molecule has 0 radical (unpaired) electrons. The Bertz CT molecular complexity index is 795. The number of aromatic amines is 1. The number of aromatic nitrogens is 2. The molecule has 3 aliphatic rings. The van der Waals surface area contributed by atoms with E-state index in [0.29, 0.717) is 5.92 Å². The van der Waals surface area contributed by atoms with Gasteiger partial charge in [0.1, 0.15) is 0 Å². The summed E-state index contributed by atoms with van der Waals surface area (Å²) in [6, 6.07) is 4.15. The second-order valence-electron chi connectivity index (χ2n) is 7.54. The summed E-state index contributed by atoms with van der Waals surface area (Å²) in [5.41, 5.74) is 2.24. The molecule has 0 saturated carbocycles. The minimum Gasteiger partial charge on any atom is -0.370 e. The highest BCUT2D eigenvalue weighted by Crippen LogP contribution is 2.44. The summed E-state index contributed by atoms with van der Waals surface area (Å²) in [5, 5.41) is 10.5. The van der Waals surface area contributed by atoms with Crippen molar-refractivity contribution in [2.24, 2.45) is 0 Å². The minimum atomic E-state index is -0.169. The number of amides is 1. The van der Waals surface area contributed by atoms with Crippen LogP contribution in [0.4, 0.5) is 0 Å². The topological polar surface area (TPSA) is 70.2 Å². The predicted molar refractivity (Wildman–Crippen MR) is 99.6 cm³/mol. The summed E-state index contributed by atoms with van der Waals surface area (Å²) in [5.74, 6) is 0.547. The molecule has 5 heterocycles. The van der Waals surface area contributed by atoms with E-state index in [-0.39, 0.29) is 11.5 Å². The number of hydrogen-bond acceptors (Lipinski definition) is 5. The number of carbonyl (C=O) groups is 1. The number of hydrogen-bond donors (Lipinski definition) is 2.